The average Bonchev–Trinajstić information content (AvgIpc) is 2.79. The van der Waals surface area contributed by atoms with Gasteiger partial charge in [-0.3, -0.25) is 9.59 Å². The second kappa shape index (κ2) is 10.9. The van der Waals surface area contributed by atoms with Crippen LogP contribution in [0.4, 0.5) is 5.69 Å². The zero-order valence-corrected chi connectivity index (χ0v) is 20.0. The number of piperidine rings is 1. The number of amides is 2. The second-order valence-corrected chi connectivity index (χ2v) is 10.5. The summed E-state index contributed by atoms with van der Waals surface area (Å²) < 4.78 is 27.9. The molecular formula is C23H26BrN3O4S. The van der Waals surface area contributed by atoms with Crippen molar-refractivity contribution in [1.82, 2.24) is 9.62 Å². The first-order valence-corrected chi connectivity index (χ1v) is 12.7. The van der Waals surface area contributed by atoms with E-state index in [9.17, 15) is 18.0 Å². The molecule has 0 saturated carbocycles. The lowest BCUT2D eigenvalue weighted by Crippen LogP contribution is -2.42. The third kappa shape index (κ3) is 6.27. The lowest BCUT2D eigenvalue weighted by atomic mass is 9.97. The zero-order valence-electron chi connectivity index (χ0n) is 17.6. The zero-order chi connectivity index (χ0) is 23.1. The Morgan fingerprint density at radius 2 is 1.75 bits per heavy atom. The number of sulfonamides is 1. The maximum atomic E-state index is 12.8. The molecule has 0 radical (unpaired) electrons. The van der Waals surface area contributed by atoms with Crippen LogP contribution in [0.15, 0.2) is 65.7 Å². The maximum Gasteiger partial charge on any atom is 0.253 e. The van der Waals surface area contributed by atoms with Gasteiger partial charge in [-0.05, 0) is 42.7 Å². The highest BCUT2D eigenvalue weighted by atomic mass is 79.9. The Hall–Kier alpha value is -2.49. The fourth-order valence-electron chi connectivity index (χ4n) is 3.56. The molecule has 170 valence electrons. The number of anilines is 1. The van der Waals surface area contributed by atoms with Gasteiger partial charge >= 0.3 is 0 Å². The number of hydrogen-bond donors (Lipinski definition) is 2. The van der Waals surface area contributed by atoms with Crippen molar-refractivity contribution in [1.29, 1.82) is 0 Å². The van der Waals surface area contributed by atoms with E-state index >= 15 is 0 Å². The van der Waals surface area contributed by atoms with E-state index in [1.54, 1.807) is 42.5 Å². The van der Waals surface area contributed by atoms with E-state index in [1.165, 1.54) is 4.31 Å². The first-order valence-electron chi connectivity index (χ1n) is 10.3. The average molecular weight is 520 g/mol. The number of nitrogens with one attached hydrogen (secondary N) is 2. The molecule has 2 aromatic carbocycles. The number of nitrogens with zero attached hydrogens (tertiary/aromatic N) is 1. The number of carbonyl (C=O) groups is 2. The van der Waals surface area contributed by atoms with Crippen molar-refractivity contribution in [3.63, 3.8) is 0 Å². The summed E-state index contributed by atoms with van der Waals surface area (Å²) in [6.07, 6.45) is 2.43. The summed E-state index contributed by atoms with van der Waals surface area (Å²) in [4.78, 5) is 25.1. The number of halogens is 1. The molecule has 9 heteroatoms. The first kappa shape index (κ1) is 24.2. The van der Waals surface area contributed by atoms with E-state index in [0.29, 0.717) is 43.7 Å². The molecule has 0 unspecified atom stereocenters. The quantitative estimate of drug-likeness (QED) is 0.521. The van der Waals surface area contributed by atoms with Gasteiger partial charge in [0.15, 0.2) is 0 Å². The summed E-state index contributed by atoms with van der Waals surface area (Å²) in [5.74, 6) is -0.892. The van der Waals surface area contributed by atoms with Crippen LogP contribution in [0.1, 0.15) is 28.8 Å². The summed E-state index contributed by atoms with van der Waals surface area (Å²) in [5, 5.41) is 5.54. The molecule has 2 aromatic rings. The molecule has 2 amide bonds. The highest BCUT2D eigenvalue weighted by Gasteiger charge is 2.31. The van der Waals surface area contributed by atoms with Crippen LogP contribution in [0.25, 0.3) is 0 Å². The number of hydrogen-bond acceptors (Lipinski definition) is 4. The molecule has 0 spiro atoms. The monoisotopic (exact) mass is 519 g/mol. The van der Waals surface area contributed by atoms with Crippen molar-refractivity contribution in [2.24, 2.45) is 5.92 Å². The third-order valence-corrected chi connectivity index (χ3v) is 7.70. The van der Waals surface area contributed by atoms with Crippen molar-refractivity contribution in [2.75, 3.05) is 25.0 Å². The maximum absolute atomic E-state index is 12.8. The topological polar surface area (TPSA) is 95.6 Å². The van der Waals surface area contributed by atoms with Crippen LogP contribution in [0.5, 0.6) is 0 Å². The molecule has 0 atom stereocenters. The van der Waals surface area contributed by atoms with Crippen LogP contribution in [0, 0.1) is 5.92 Å². The Balaban J connectivity index is 1.58. The molecule has 2 N–H and O–H groups in total. The van der Waals surface area contributed by atoms with Crippen LogP contribution >= 0.6 is 15.9 Å². The minimum Gasteiger partial charge on any atom is -0.349 e. The first-order chi connectivity index (χ1) is 15.3. The summed E-state index contributed by atoms with van der Waals surface area (Å²) in [7, 11) is -3.46. The lowest BCUT2D eigenvalue weighted by molar-refractivity contribution is -0.120. The Bertz CT molecular complexity index is 1080. The largest absolute Gasteiger partial charge is 0.349 e. The van der Waals surface area contributed by atoms with E-state index in [2.05, 4.69) is 33.1 Å². The molecular weight excluding hydrogens is 494 g/mol. The van der Waals surface area contributed by atoms with E-state index in [4.69, 9.17) is 0 Å². The van der Waals surface area contributed by atoms with Gasteiger partial charge in [0, 0.05) is 30.0 Å². The number of rotatable bonds is 8. The highest BCUT2D eigenvalue weighted by molar-refractivity contribution is 9.10. The number of para-hydroxylation sites is 1. The third-order valence-electron chi connectivity index (χ3n) is 5.32. The molecule has 1 aliphatic rings. The van der Waals surface area contributed by atoms with Crippen molar-refractivity contribution in [3.8, 4) is 0 Å². The smallest absolute Gasteiger partial charge is 0.253 e. The fourth-order valence-corrected chi connectivity index (χ4v) is 5.39. The van der Waals surface area contributed by atoms with E-state index in [0.717, 1.165) is 10.0 Å². The summed E-state index contributed by atoms with van der Waals surface area (Å²) in [6, 6.07) is 14.0. The predicted octanol–water partition coefficient (Wildman–Crippen LogP) is 3.55. The van der Waals surface area contributed by atoms with Crippen molar-refractivity contribution >= 4 is 43.5 Å². The molecule has 1 aliphatic heterocycles. The van der Waals surface area contributed by atoms with Crippen molar-refractivity contribution < 1.29 is 18.0 Å². The van der Waals surface area contributed by atoms with Crippen LogP contribution < -0.4 is 10.6 Å². The Kier molecular flexibility index (Phi) is 8.22. The molecule has 0 bridgehead atoms. The van der Waals surface area contributed by atoms with E-state index in [1.807, 2.05) is 12.1 Å². The molecule has 32 heavy (non-hydrogen) atoms. The molecule has 7 nitrogen and oxygen atoms in total. The van der Waals surface area contributed by atoms with Crippen LogP contribution in [0.3, 0.4) is 0 Å². The van der Waals surface area contributed by atoms with Gasteiger partial charge in [-0.25, -0.2) is 12.7 Å². The number of benzene rings is 2. The molecule has 1 fully saturated rings. The van der Waals surface area contributed by atoms with Gasteiger partial charge < -0.3 is 10.6 Å². The fraction of sp³-hybridized carbons (Fsp3) is 0.304. The highest BCUT2D eigenvalue weighted by Crippen LogP contribution is 2.24. The Morgan fingerprint density at radius 1 is 1.09 bits per heavy atom. The molecule has 1 saturated heterocycles. The minimum absolute atomic E-state index is 0.0651. The van der Waals surface area contributed by atoms with Gasteiger partial charge in [-0.2, -0.15) is 0 Å². The van der Waals surface area contributed by atoms with Gasteiger partial charge in [0.1, 0.15) is 0 Å². The van der Waals surface area contributed by atoms with E-state index in [-0.39, 0.29) is 23.5 Å². The van der Waals surface area contributed by atoms with Gasteiger partial charge in [0.25, 0.3) is 5.91 Å². The van der Waals surface area contributed by atoms with Gasteiger partial charge in [-0.1, -0.05) is 46.3 Å². The standard InChI is InChI=1S/C23H26BrN3O4S/c1-2-13-25-23(29)20-5-3-4-6-21(20)26-22(28)18-11-14-27(15-12-18)32(30,31)16-17-7-9-19(24)10-8-17/h2-10,18H,1,11-16H2,(H,25,29)(H,26,28). The van der Waals surface area contributed by atoms with Crippen molar-refractivity contribution in [3.05, 3.63) is 76.8 Å². The summed E-state index contributed by atoms with van der Waals surface area (Å²) in [5.41, 5.74) is 1.53. The van der Waals surface area contributed by atoms with Crippen molar-refractivity contribution in [2.45, 2.75) is 18.6 Å². The van der Waals surface area contributed by atoms with Gasteiger partial charge in [-0.15, -0.1) is 6.58 Å². The summed E-state index contributed by atoms with van der Waals surface area (Å²) in [6.45, 7) is 4.48. The predicted molar refractivity (Wildman–Crippen MR) is 129 cm³/mol. The molecule has 3 rings (SSSR count). The van der Waals surface area contributed by atoms with Crippen LogP contribution in [-0.4, -0.2) is 44.2 Å². The molecule has 0 aliphatic carbocycles. The minimum atomic E-state index is -3.46. The van der Waals surface area contributed by atoms with Crippen LogP contribution in [0.2, 0.25) is 0 Å². The lowest BCUT2D eigenvalue weighted by Gasteiger charge is -2.30. The SMILES string of the molecule is C=CCNC(=O)c1ccccc1NC(=O)C1CCN(S(=O)(=O)Cc2ccc(Br)cc2)CC1. The van der Waals surface area contributed by atoms with Gasteiger partial charge in [0.05, 0.1) is 17.0 Å². The Labute approximate surface area is 197 Å². The summed E-state index contributed by atoms with van der Waals surface area (Å²) >= 11 is 3.34. The normalized spacial score (nSPS) is 15.2. The molecule has 0 aromatic heterocycles. The Morgan fingerprint density at radius 3 is 2.41 bits per heavy atom. The second-order valence-electron chi connectivity index (χ2n) is 7.59. The molecule has 1 heterocycles. The van der Waals surface area contributed by atoms with Crippen LogP contribution in [-0.2, 0) is 20.6 Å². The number of carbonyl (C=O) groups excluding carboxylic acids is 2. The van der Waals surface area contributed by atoms with E-state index < -0.39 is 10.0 Å². The van der Waals surface area contributed by atoms with Gasteiger partial charge in [0.2, 0.25) is 15.9 Å².